The maximum Gasteiger partial charge on any atom is 0.266 e. The van der Waals surface area contributed by atoms with E-state index in [1.165, 1.54) is 28.0 Å². The van der Waals surface area contributed by atoms with E-state index in [2.05, 4.69) is 10.3 Å². The second-order valence-corrected chi connectivity index (χ2v) is 7.83. The van der Waals surface area contributed by atoms with Crippen molar-refractivity contribution in [2.45, 2.75) is 6.42 Å². The molecular weight excluding hydrogens is 386 g/mol. The van der Waals surface area contributed by atoms with Crippen LogP contribution < -0.4 is 5.32 Å². The molecule has 0 aliphatic carbocycles. The first-order valence-electron chi connectivity index (χ1n) is 7.80. The summed E-state index contributed by atoms with van der Waals surface area (Å²) in [6, 6.07) is 9.83. The third-order valence-electron chi connectivity index (χ3n) is 3.45. The zero-order chi connectivity index (χ0) is 18.4. The number of thiocarbonyl (C=S) groups is 1. The Balaban J connectivity index is 1.55. The number of nitrogens with zero attached hydrogens (tertiary/aromatic N) is 2. The normalized spacial score (nSPS) is 16.0. The Morgan fingerprint density at radius 1 is 1.31 bits per heavy atom. The SMILES string of the molecule is O=C(CCN1C(=O)C(=CC=Cc2ccccc2)SC1=S)Nc1nccs1. The first-order chi connectivity index (χ1) is 12.6. The first-order valence-corrected chi connectivity index (χ1v) is 9.90. The van der Waals surface area contributed by atoms with Crippen LogP contribution in [0.25, 0.3) is 6.08 Å². The molecule has 1 aromatic heterocycles. The van der Waals surface area contributed by atoms with E-state index in [-0.39, 0.29) is 24.8 Å². The molecule has 0 radical (unpaired) electrons. The first kappa shape index (κ1) is 18.5. The Morgan fingerprint density at radius 3 is 2.85 bits per heavy atom. The molecule has 8 heteroatoms. The van der Waals surface area contributed by atoms with Crippen molar-refractivity contribution in [3.63, 3.8) is 0 Å². The predicted octanol–water partition coefficient (Wildman–Crippen LogP) is 3.93. The molecule has 26 heavy (non-hydrogen) atoms. The van der Waals surface area contributed by atoms with Gasteiger partial charge in [-0.1, -0.05) is 66.5 Å². The molecule has 2 amide bonds. The van der Waals surface area contributed by atoms with Crippen LogP contribution >= 0.6 is 35.3 Å². The van der Waals surface area contributed by atoms with Crippen molar-refractivity contribution in [3.05, 3.63) is 64.5 Å². The molecule has 1 aliphatic heterocycles. The van der Waals surface area contributed by atoms with E-state index < -0.39 is 0 Å². The van der Waals surface area contributed by atoms with E-state index in [9.17, 15) is 9.59 Å². The Bertz CT molecular complexity index is 861. The second kappa shape index (κ2) is 8.88. The van der Waals surface area contributed by atoms with E-state index in [1.54, 1.807) is 17.7 Å². The smallest absolute Gasteiger partial charge is 0.266 e. The van der Waals surface area contributed by atoms with Crippen molar-refractivity contribution in [1.29, 1.82) is 0 Å². The Labute approximate surface area is 164 Å². The van der Waals surface area contributed by atoms with Gasteiger partial charge in [0.2, 0.25) is 5.91 Å². The van der Waals surface area contributed by atoms with Crippen LogP contribution in [0.2, 0.25) is 0 Å². The molecule has 0 atom stereocenters. The molecule has 2 aromatic rings. The predicted molar refractivity (Wildman–Crippen MR) is 111 cm³/mol. The van der Waals surface area contributed by atoms with Crippen LogP contribution in [0.5, 0.6) is 0 Å². The average molecular weight is 402 g/mol. The fourth-order valence-electron chi connectivity index (χ4n) is 2.20. The van der Waals surface area contributed by atoms with Crippen LogP contribution in [0.3, 0.4) is 0 Å². The van der Waals surface area contributed by atoms with E-state index in [0.717, 1.165) is 5.56 Å². The van der Waals surface area contributed by atoms with Crippen molar-refractivity contribution >= 4 is 62.7 Å². The molecular formula is C18H15N3O2S3. The quantitative estimate of drug-likeness (QED) is 0.587. The van der Waals surface area contributed by atoms with Crippen molar-refractivity contribution in [1.82, 2.24) is 9.88 Å². The number of hydrogen-bond acceptors (Lipinski definition) is 6. The summed E-state index contributed by atoms with van der Waals surface area (Å²) in [7, 11) is 0. The molecule has 5 nitrogen and oxygen atoms in total. The van der Waals surface area contributed by atoms with Gasteiger partial charge in [-0.25, -0.2) is 4.98 Å². The van der Waals surface area contributed by atoms with Crippen molar-refractivity contribution < 1.29 is 9.59 Å². The van der Waals surface area contributed by atoms with Gasteiger partial charge < -0.3 is 5.32 Å². The second-order valence-electron chi connectivity index (χ2n) is 5.26. The number of benzene rings is 1. The van der Waals surface area contributed by atoms with Crippen molar-refractivity contribution in [2.75, 3.05) is 11.9 Å². The number of carbonyl (C=O) groups excluding carboxylic acids is 2. The van der Waals surface area contributed by atoms with Crippen LogP contribution in [0.4, 0.5) is 5.13 Å². The lowest BCUT2D eigenvalue weighted by atomic mass is 10.2. The molecule has 1 saturated heterocycles. The molecule has 0 spiro atoms. The number of hydrogen-bond donors (Lipinski definition) is 1. The maximum atomic E-state index is 12.5. The van der Waals surface area contributed by atoms with Gasteiger partial charge in [-0.05, 0) is 11.6 Å². The number of amides is 2. The van der Waals surface area contributed by atoms with Crippen LogP contribution in [-0.4, -0.2) is 32.6 Å². The number of nitrogens with one attached hydrogen (secondary N) is 1. The third-order valence-corrected chi connectivity index (χ3v) is 5.54. The minimum Gasteiger partial charge on any atom is -0.302 e. The van der Waals surface area contributed by atoms with E-state index >= 15 is 0 Å². The van der Waals surface area contributed by atoms with Gasteiger partial charge in [-0.2, -0.15) is 0 Å². The number of thioether (sulfide) groups is 1. The molecule has 132 valence electrons. The summed E-state index contributed by atoms with van der Waals surface area (Å²) in [5, 5.41) is 5.02. The topological polar surface area (TPSA) is 62.3 Å². The number of carbonyl (C=O) groups is 2. The Morgan fingerprint density at radius 2 is 2.12 bits per heavy atom. The van der Waals surface area contributed by atoms with Gasteiger partial charge in [-0.3, -0.25) is 14.5 Å². The fraction of sp³-hybridized carbons (Fsp3) is 0.111. The van der Waals surface area contributed by atoms with Crippen LogP contribution in [0.1, 0.15) is 12.0 Å². The van der Waals surface area contributed by atoms with Gasteiger partial charge in [-0.15, -0.1) is 11.3 Å². The molecule has 2 heterocycles. The number of thiazole rings is 1. The summed E-state index contributed by atoms with van der Waals surface area (Å²) in [6.45, 7) is 0.252. The number of aromatic nitrogens is 1. The monoisotopic (exact) mass is 401 g/mol. The molecule has 1 aliphatic rings. The highest BCUT2D eigenvalue weighted by molar-refractivity contribution is 8.26. The highest BCUT2D eigenvalue weighted by Gasteiger charge is 2.31. The molecule has 1 N–H and O–H groups in total. The number of anilines is 1. The summed E-state index contributed by atoms with van der Waals surface area (Å²) in [6.07, 6.45) is 7.29. The van der Waals surface area contributed by atoms with E-state index in [4.69, 9.17) is 12.2 Å². The molecule has 0 saturated carbocycles. The molecule has 0 unspecified atom stereocenters. The third kappa shape index (κ3) is 4.87. The largest absolute Gasteiger partial charge is 0.302 e. The van der Waals surface area contributed by atoms with Gasteiger partial charge in [0, 0.05) is 24.5 Å². The summed E-state index contributed by atoms with van der Waals surface area (Å²) in [5.74, 6) is -0.360. The van der Waals surface area contributed by atoms with E-state index in [1.807, 2.05) is 42.5 Å². The number of allylic oxidation sites excluding steroid dienone is 2. The van der Waals surface area contributed by atoms with Crippen molar-refractivity contribution in [2.24, 2.45) is 0 Å². The standard InChI is InChI=1S/C18H15N3O2S3/c22-15(20-17-19-10-12-25-17)9-11-21-16(23)14(26-18(21)24)8-4-7-13-5-2-1-3-6-13/h1-8,10,12H,9,11H2,(H,19,20,22). The van der Waals surface area contributed by atoms with Gasteiger partial charge in [0.25, 0.3) is 5.91 Å². The highest BCUT2D eigenvalue weighted by atomic mass is 32.2. The van der Waals surface area contributed by atoms with Crippen LogP contribution in [0.15, 0.2) is 59.0 Å². The van der Waals surface area contributed by atoms with E-state index in [0.29, 0.717) is 14.4 Å². The lowest BCUT2D eigenvalue weighted by molar-refractivity contribution is -0.122. The summed E-state index contributed by atoms with van der Waals surface area (Å²) < 4.78 is 0.469. The van der Waals surface area contributed by atoms with Crippen LogP contribution in [0, 0.1) is 0 Å². The van der Waals surface area contributed by atoms with Crippen molar-refractivity contribution in [3.8, 4) is 0 Å². The van der Waals surface area contributed by atoms with Crippen LogP contribution in [-0.2, 0) is 9.59 Å². The Hall–Kier alpha value is -2.29. The zero-order valence-electron chi connectivity index (χ0n) is 13.6. The zero-order valence-corrected chi connectivity index (χ0v) is 16.1. The lowest BCUT2D eigenvalue weighted by Gasteiger charge is -2.13. The minimum atomic E-state index is -0.193. The average Bonchev–Trinajstić information content (AvgIpc) is 3.23. The Kier molecular flexibility index (Phi) is 6.32. The van der Waals surface area contributed by atoms with Gasteiger partial charge in [0.05, 0.1) is 4.91 Å². The lowest BCUT2D eigenvalue weighted by Crippen LogP contribution is -2.31. The summed E-state index contributed by atoms with van der Waals surface area (Å²) in [5.41, 5.74) is 1.05. The molecule has 3 rings (SSSR count). The molecule has 1 fully saturated rings. The summed E-state index contributed by atoms with van der Waals surface area (Å²) >= 11 is 7.87. The minimum absolute atomic E-state index is 0.166. The number of rotatable bonds is 6. The van der Waals surface area contributed by atoms with Gasteiger partial charge in [0.15, 0.2) is 5.13 Å². The van der Waals surface area contributed by atoms with Gasteiger partial charge >= 0.3 is 0 Å². The molecule has 1 aromatic carbocycles. The summed E-state index contributed by atoms with van der Waals surface area (Å²) in [4.78, 5) is 30.4. The highest BCUT2D eigenvalue weighted by Crippen LogP contribution is 2.31. The molecule has 0 bridgehead atoms. The fourth-order valence-corrected chi connectivity index (χ4v) is 4.00. The van der Waals surface area contributed by atoms with Gasteiger partial charge in [0.1, 0.15) is 4.32 Å². The maximum absolute atomic E-state index is 12.5.